The van der Waals surface area contributed by atoms with Crippen molar-refractivity contribution in [1.29, 1.82) is 0 Å². The summed E-state index contributed by atoms with van der Waals surface area (Å²) in [6.07, 6.45) is 5.72. The maximum absolute atomic E-state index is 5.96. The number of hydrogen-bond acceptors (Lipinski definition) is 4. The Balaban J connectivity index is 1.56. The topological polar surface area (TPSA) is 72.5 Å². The first-order valence-corrected chi connectivity index (χ1v) is 8.75. The fourth-order valence-electron chi connectivity index (χ4n) is 2.71. The van der Waals surface area contributed by atoms with Gasteiger partial charge in [-0.05, 0) is 37.8 Å². The average Bonchev–Trinajstić information content (AvgIpc) is 2.98. The van der Waals surface area contributed by atoms with Crippen molar-refractivity contribution >= 4 is 23.0 Å². The minimum atomic E-state index is 0.399. The molecule has 1 aliphatic carbocycles. The third-order valence-electron chi connectivity index (χ3n) is 3.87. The fraction of sp³-hybridized carbons (Fsp3) is 0.412. The zero-order valence-electron chi connectivity index (χ0n) is 13.3. The van der Waals surface area contributed by atoms with Crippen molar-refractivity contribution in [2.45, 2.75) is 32.1 Å². The highest BCUT2D eigenvalue weighted by atomic mass is 32.1. The number of aryl methyl sites for hydroxylation is 2. The van der Waals surface area contributed by atoms with Crippen LogP contribution in [-0.2, 0) is 19.3 Å². The summed E-state index contributed by atoms with van der Waals surface area (Å²) < 4.78 is 5.29. The van der Waals surface area contributed by atoms with Gasteiger partial charge in [0.1, 0.15) is 5.75 Å². The molecule has 6 heteroatoms. The Labute approximate surface area is 140 Å². The fourth-order valence-corrected chi connectivity index (χ4v) is 3.86. The molecule has 0 aliphatic heterocycles. The van der Waals surface area contributed by atoms with Crippen LogP contribution in [0, 0.1) is 0 Å². The van der Waals surface area contributed by atoms with Crippen LogP contribution in [-0.4, -0.2) is 24.6 Å². The first-order valence-electron chi connectivity index (χ1n) is 7.93. The molecule has 0 radical (unpaired) electrons. The van der Waals surface area contributed by atoms with E-state index in [4.69, 9.17) is 15.5 Å². The second-order valence-electron chi connectivity index (χ2n) is 5.53. The van der Waals surface area contributed by atoms with E-state index in [-0.39, 0.29) is 0 Å². The molecule has 1 aromatic carbocycles. The van der Waals surface area contributed by atoms with Gasteiger partial charge in [0.05, 0.1) is 23.5 Å². The van der Waals surface area contributed by atoms with E-state index in [9.17, 15) is 0 Å². The summed E-state index contributed by atoms with van der Waals surface area (Å²) in [6.45, 7) is 0.639. The molecule has 0 atom stereocenters. The monoisotopic (exact) mass is 330 g/mol. The molecule has 3 N–H and O–H groups in total. The number of rotatable bonds is 5. The molecule has 2 aromatic rings. The molecule has 1 heterocycles. The van der Waals surface area contributed by atoms with Gasteiger partial charge >= 0.3 is 0 Å². The molecule has 23 heavy (non-hydrogen) atoms. The molecule has 122 valence electrons. The number of nitrogens with one attached hydrogen (secondary N) is 1. The van der Waals surface area contributed by atoms with Crippen LogP contribution in [0.4, 0.5) is 5.69 Å². The molecule has 1 aliphatic rings. The number of benzene rings is 1. The number of ether oxygens (including phenoxy) is 1. The Hall–Kier alpha value is -2.08. The van der Waals surface area contributed by atoms with Gasteiger partial charge in [-0.25, -0.2) is 4.98 Å². The lowest BCUT2D eigenvalue weighted by Gasteiger charge is -2.09. The lowest BCUT2D eigenvalue weighted by Crippen LogP contribution is -2.23. The Kier molecular flexibility index (Phi) is 5.12. The highest BCUT2D eigenvalue weighted by Crippen LogP contribution is 2.27. The van der Waals surface area contributed by atoms with E-state index in [0.29, 0.717) is 12.5 Å². The number of nitrogens with two attached hydrogens (primary N) is 1. The molecule has 0 spiro atoms. The summed E-state index contributed by atoms with van der Waals surface area (Å²) in [7, 11) is 1.64. The van der Waals surface area contributed by atoms with Crippen LogP contribution >= 0.6 is 11.3 Å². The van der Waals surface area contributed by atoms with Gasteiger partial charge in [-0.3, -0.25) is 4.99 Å². The van der Waals surface area contributed by atoms with Gasteiger partial charge in [0, 0.05) is 17.8 Å². The molecule has 1 aromatic heterocycles. The van der Waals surface area contributed by atoms with Crippen molar-refractivity contribution in [3.63, 3.8) is 0 Å². The molecule has 0 saturated carbocycles. The molecule has 0 unspecified atom stereocenters. The van der Waals surface area contributed by atoms with Gasteiger partial charge < -0.3 is 15.8 Å². The largest absolute Gasteiger partial charge is 0.495 e. The minimum absolute atomic E-state index is 0.399. The second-order valence-corrected chi connectivity index (χ2v) is 6.69. The summed E-state index contributed by atoms with van der Waals surface area (Å²) in [5, 5.41) is 4.25. The van der Waals surface area contributed by atoms with Crippen LogP contribution in [0.5, 0.6) is 5.75 Å². The number of aromatic nitrogens is 1. The van der Waals surface area contributed by atoms with Crippen LogP contribution in [0.2, 0.25) is 0 Å². The van der Waals surface area contributed by atoms with Crippen molar-refractivity contribution in [3.05, 3.63) is 39.8 Å². The average molecular weight is 330 g/mol. The number of fused-ring (bicyclic) bond motifs is 1. The van der Waals surface area contributed by atoms with Crippen molar-refractivity contribution in [2.24, 2.45) is 10.7 Å². The van der Waals surface area contributed by atoms with Crippen LogP contribution in [0.3, 0.4) is 0 Å². The first-order chi connectivity index (χ1) is 11.3. The maximum atomic E-state index is 5.96. The molecule has 3 rings (SSSR count). The van der Waals surface area contributed by atoms with Gasteiger partial charge in [0.15, 0.2) is 5.96 Å². The number of hydrogen-bond donors (Lipinski definition) is 2. The van der Waals surface area contributed by atoms with E-state index in [1.54, 1.807) is 7.11 Å². The molecule has 5 nitrogen and oxygen atoms in total. The predicted octanol–water partition coefficient (Wildman–Crippen LogP) is 3.00. The number of para-hydroxylation sites is 2. The van der Waals surface area contributed by atoms with E-state index < -0.39 is 0 Å². The van der Waals surface area contributed by atoms with Crippen molar-refractivity contribution in [3.8, 4) is 5.75 Å². The van der Waals surface area contributed by atoms with E-state index >= 15 is 0 Å². The number of anilines is 1. The lowest BCUT2D eigenvalue weighted by molar-refractivity contribution is 0.417. The van der Waals surface area contributed by atoms with Gasteiger partial charge in [-0.1, -0.05) is 12.1 Å². The Bertz CT molecular complexity index is 672. The molecule has 0 fully saturated rings. The van der Waals surface area contributed by atoms with E-state index in [1.165, 1.54) is 34.8 Å². The van der Waals surface area contributed by atoms with E-state index in [2.05, 4.69) is 10.3 Å². The number of methoxy groups -OCH3 is 1. The molecule has 0 saturated heterocycles. The van der Waals surface area contributed by atoms with Gasteiger partial charge in [0.2, 0.25) is 0 Å². The summed E-state index contributed by atoms with van der Waals surface area (Å²) >= 11 is 1.84. The quantitative estimate of drug-likeness (QED) is 0.653. The highest BCUT2D eigenvalue weighted by molar-refractivity contribution is 7.11. The van der Waals surface area contributed by atoms with Crippen molar-refractivity contribution in [1.82, 2.24) is 4.98 Å². The maximum Gasteiger partial charge on any atom is 0.193 e. The molecule has 0 bridgehead atoms. The van der Waals surface area contributed by atoms with Gasteiger partial charge in [-0.15, -0.1) is 11.3 Å². The lowest BCUT2D eigenvalue weighted by atomic mass is 10.0. The zero-order chi connectivity index (χ0) is 16.1. The minimum Gasteiger partial charge on any atom is -0.495 e. The third-order valence-corrected chi connectivity index (χ3v) is 5.08. The predicted molar refractivity (Wildman–Crippen MR) is 95.6 cm³/mol. The zero-order valence-corrected chi connectivity index (χ0v) is 14.2. The number of aliphatic imine (C=N–C) groups is 1. The summed E-state index contributed by atoms with van der Waals surface area (Å²) in [5.41, 5.74) is 8.08. The summed E-state index contributed by atoms with van der Waals surface area (Å²) in [5.74, 6) is 1.15. The van der Waals surface area contributed by atoms with Crippen molar-refractivity contribution in [2.75, 3.05) is 19.0 Å². The van der Waals surface area contributed by atoms with E-state index in [1.807, 2.05) is 35.6 Å². The molecular formula is C17H22N4OS. The Morgan fingerprint density at radius 2 is 2.17 bits per heavy atom. The summed E-state index contributed by atoms with van der Waals surface area (Å²) in [4.78, 5) is 10.6. The SMILES string of the molecule is COc1ccccc1NC(N)=NCCc1nc2c(s1)CCCC2. The smallest absolute Gasteiger partial charge is 0.193 e. The number of nitrogens with zero attached hydrogens (tertiary/aromatic N) is 2. The van der Waals surface area contributed by atoms with E-state index in [0.717, 1.165) is 24.3 Å². The molecule has 0 amide bonds. The molecular weight excluding hydrogens is 308 g/mol. The Morgan fingerprint density at radius 1 is 1.35 bits per heavy atom. The first kappa shape index (κ1) is 15.8. The standard InChI is InChI=1S/C17H22N4OS/c1-22-14-8-4-2-6-12(14)21-17(18)19-11-10-16-20-13-7-3-5-9-15(13)23-16/h2,4,6,8H,3,5,7,9-11H2,1H3,(H3,18,19,21). The highest BCUT2D eigenvalue weighted by Gasteiger charge is 2.14. The Morgan fingerprint density at radius 3 is 3.00 bits per heavy atom. The van der Waals surface area contributed by atoms with Crippen LogP contribution in [0.25, 0.3) is 0 Å². The van der Waals surface area contributed by atoms with Crippen LogP contribution in [0.15, 0.2) is 29.3 Å². The van der Waals surface area contributed by atoms with Crippen LogP contribution in [0.1, 0.15) is 28.4 Å². The van der Waals surface area contributed by atoms with Crippen molar-refractivity contribution < 1.29 is 4.74 Å². The van der Waals surface area contributed by atoms with Gasteiger partial charge in [0.25, 0.3) is 0 Å². The summed E-state index contributed by atoms with van der Waals surface area (Å²) in [6, 6.07) is 7.64. The second kappa shape index (κ2) is 7.46. The number of guanidine groups is 1. The normalized spacial score (nSPS) is 14.4. The van der Waals surface area contributed by atoms with Gasteiger partial charge in [-0.2, -0.15) is 0 Å². The number of thiazole rings is 1. The third kappa shape index (κ3) is 4.01. The van der Waals surface area contributed by atoms with Crippen LogP contribution < -0.4 is 15.8 Å².